The second kappa shape index (κ2) is 4.99. The molecule has 1 heterocycles. The Morgan fingerprint density at radius 2 is 1.71 bits per heavy atom. The van der Waals surface area contributed by atoms with Crippen molar-refractivity contribution in [3.8, 4) is 0 Å². The van der Waals surface area contributed by atoms with E-state index < -0.39 is 0 Å². The lowest BCUT2D eigenvalue weighted by Crippen LogP contribution is -2.43. The standard InChI is InChI=1S/C15H30N2/c1-12-10-13(14(2,3)4)8-9-17(12)11-16-15(5,6)7/h11-13H,8-10H2,1-7H3/t12-,13-/m0/s1. The Labute approximate surface area is 107 Å². The van der Waals surface area contributed by atoms with Crippen molar-refractivity contribution in [2.24, 2.45) is 16.3 Å². The molecule has 0 aromatic heterocycles. The number of rotatable bonds is 1. The molecule has 0 N–H and O–H groups in total. The first-order valence-corrected chi connectivity index (χ1v) is 6.91. The van der Waals surface area contributed by atoms with Crippen LogP contribution in [-0.4, -0.2) is 29.4 Å². The van der Waals surface area contributed by atoms with Crippen molar-refractivity contribution in [1.29, 1.82) is 0 Å². The maximum Gasteiger partial charge on any atom is 0.0858 e. The summed E-state index contributed by atoms with van der Waals surface area (Å²) in [5, 5.41) is 0. The molecule has 2 heteroatoms. The van der Waals surface area contributed by atoms with Gasteiger partial charge in [0.25, 0.3) is 0 Å². The number of aliphatic imine (C=N–C) groups is 1. The van der Waals surface area contributed by atoms with Gasteiger partial charge in [0.05, 0.1) is 11.9 Å². The second-order valence-corrected chi connectivity index (χ2v) is 7.59. The van der Waals surface area contributed by atoms with Crippen molar-refractivity contribution in [2.75, 3.05) is 6.54 Å². The Bertz CT molecular complexity index is 268. The molecule has 0 saturated carbocycles. The zero-order chi connectivity index (χ0) is 13.3. The van der Waals surface area contributed by atoms with Crippen LogP contribution < -0.4 is 0 Å². The predicted molar refractivity (Wildman–Crippen MR) is 76.6 cm³/mol. The van der Waals surface area contributed by atoms with Gasteiger partial charge in [-0.2, -0.15) is 0 Å². The number of piperidine rings is 1. The Balaban J connectivity index is 2.57. The summed E-state index contributed by atoms with van der Waals surface area (Å²) in [4.78, 5) is 7.03. The molecule has 1 aliphatic rings. The van der Waals surface area contributed by atoms with Crippen molar-refractivity contribution in [2.45, 2.75) is 72.9 Å². The van der Waals surface area contributed by atoms with Gasteiger partial charge in [0, 0.05) is 12.6 Å². The highest BCUT2D eigenvalue weighted by atomic mass is 15.2. The molecule has 0 radical (unpaired) electrons. The highest BCUT2D eigenvalue weighted by molar-refractivity contribution is 5.56. The van der Waals surface area contributed by atoms with Crippen LogP contribution in [0.5, 0.6) is 0 Å². The molecule has 0 aliphatic carbocycles. The quantitative estimate of drug-likeness (QED) is 0.499. The van der Waals surface area contributed by atoms with E-state index in [1.165, 1.54) is 12.8 Å². The highest BCUT2D eigenvalue weighted by Gasteiger charge is 2.31. The first-order valence-electron chi connectivity index (χ1n) is 6.91. The van der Waals surface area contributed by atoms with E-state index in [0.717, 1.165) is 12.5 Å². The fraction of sp³-hybridized carbons (Fsp3) is 0.933. The van der Waals surface area contributed by atoms with E-state index in [4.69, 9.17) is 0 Å². The number of nitrogens with zero attached hydrogens (tertiary/aromatic N) is 2. The Hall–Kier alpha value is -0.530. The van der Waals surface area contributed by atoms with Crippen LogP contribution in [0.15, 0.2) is 4.99 Å². The molecule has 0 aromatic rings. The van der Waals surface area contributed by atoms with Crippen molar-refractivity contribution < 1.29 is 0 Å². The van der Waals surface area contributed by atoms with Crippen molar-refractivity contribution in [3.63, 3.8) is 0 Å². The molecule has 1 aliphatic heterocycles. The average molecular weight is 238 g/mol. The molecule has 2 atom stereocenters. The zero-order valence-corrected chi connectivity index (χ0v) is 12.7. The molecule has 100 valence electrons. The maximum absolute atomic E-state index is 4.62. The molecule has 0 spiro atoms. The predicted octanol–water partition coefficient (Wildman–Crippen LogP) is 3.96. The SMILES string of the molecule is C[C@H]1C[C@@H](C(C)(C)C)CCN1C=NC(C)(C)C. The monoisotopic (exact) mass is 238 g/mol. The summed E-state index contributed by atoms with van der Waals surface area (Å²) in [6.45, 7) is 17.0. The van der Waals surface area contributed by atoms with Gasteiger partial charge in [-0.1, -0.05) is 20.8 Å². The third kappa shape index (κ3) is 4.69. The molecule has 0 bridgehead atoms. The molecule has 0 unspecified atom stereocenters. The van der Waals surface area contributed by atoms with Gasteiger partial charge < -0.3 is 4.90 Å². The van der Waals surface area contributed by atoms with Crippen LogP contribution in [0.1, 0.15) is 61.3 Å². The van der Waals surface area contributed by atoms with E-state index >= 15 is 0 Å². The fourth-order valence-electron chi connectivity index (χ4n) is 2.40. The third-order valence-corrected chi connectivity index (χ3v) is 3.75. The fourth-order valence-corrected chi connectivity index (χ4v) is 2.40. The van der Waals surface area contributed by atoms with Crippen LogP contribution in [0.4, 0.5) is 0 Å². The molecule has 1 rings (SSSR count). The van der Waals surface area contributed by atoms with E-state index in [1.807, 2.05) is 0 Å². The number of likely N-dealkylation sites (tertiary alicyclic amines) is 1. The van der Waals surface area contributed by atoms with Gasteiger partial charge in [-0.3, -0.25) is 4.99 Å². The molecule has 0 aromatic carbocycles. The van der Waals surface area contributed by atoms with Gasteiger partial charge in [0.1, 0.15) is 0 Å². The minimum atomic E-state index is 0.0423. The summed E-state index contributed by atoms with van der Waals surface area (Å²) in [5.41, 5.74) is 0.488. The van der Waals surface area contributed by atoms with Crippen molar-refractivity contribution in [1.82, 2.24) is 4.90 Å². The van der Waals surface area contributed by atoms with E-state index in [-0.39, 0.29) is 5.54 Å². The second-order valence-electron chi connectivity index (χ2n) is 7.59. The molecule has 1 saturated heterocycles. The first kappa shape index (κ1) is 14.5. The number of hydrogen-bond donors (Lipinski definition) is 0. The Morgan fingerprint density at radius 3 is 2.12 bits per heavy atom. The lowest BCUT2D eigenvalue weighted by Gasteiger charge is -2.42. The van der Waals surface area contributed by atoms with Crippen molar-refractivity contribution >= 4 is 6.34 Å². The van der Waals surface area contributed by atoms with Crippen LogP contribution in [-0.2, 0) is 0 Å². The van der Waals surface area contributed by atoms with Gasteiger partial charge in [-0.25, -0.2) is 0 Å². The minimum Gasteiger partial charge on any atom is -0.360 e. The van der Waals surface area contributed by atoms with E-state index in [2.05, 4.69) is 64.7 Å². The summed E-state index contributed by atoms with van der Waals surface area (Å²) in [7, 11) is 0. The van der Waals surface area contributed by atoms with Gasteiger partial charge in [-0.15, -0.1) is 0 Å². The summed E-state index contributed by atoms with van der Waals surface area (Å²) in [5.74, 6) is 0.844. The Kier molecular flexibility index (Phi) is 4.27. The molecule has 17 heavy (non-hydrogen) atoms. The first-order chi connectivity index (χ1) is 7.59. The van der Waals surface area contributed by atoms with E-state index in [0.29, 0.717) is 11.5 Å². The molecular weight excluding hydrogens is 208 g/mol. The van der Waals surface area contributed by atoms with Crippen LogP contribution in [0, 0.1) is 11.3 Å². The van der Waals surface area contributed by atoms with Gasteiger partial charge in [0.2, 0.25) is 0 Å². The lowest BCUT2D eigenvalue weighted by atomic mass is 9.73. The van der Waals surface area contributed by atoms with Gasteiger partial charge >= 0.3 is 0 Å². The molecule has 1 fully saturated rings. The maximum atomic E-state index is 4.62. The van der Waals surface area contributed by atoms with Crippen LogP contribution in [0.3, 0.4) is 0 Å². The summed E-state index contributed by atoms with van der Waals surface area (Å²) in [6, 6.07) is 0.624. The third-order valence-electron chi connectivity index (χ3n) is 3.75. The minimum absolute atomic E-state index is 0.0423. The van der Waals surface area contributed by atoms with Crippen LogP contribution in [0.25, 0.3) is 0 Å². The average Bonchev–Trinajstić information content (AvgIpc) is 2.12. The number of hydrogen-bond acceptors (Lipinski definition) is 1. The largest absolute Gasteiger partial charge is 0.360 e. The van der Waals surface area contributed by atoms with E-state index in [1.54, 1.807) is 0 Å². The van der Waals surface area contributed by atoms with Gasteiger partial charge in [-0.05, 0) is 51.9 Å². The topological polar surface area (TPSA) is 15.6 Å². The normalized spacial score (nSPS) is 27.8. The summed E-state index contributed by atoms with van der Waals surface area (Å²) in [6.07, 6.45) is 4.66. The van der Waals surface area contributed by atoms with Crippen molar-refractivity contribution in [3.05, 3.63) is 0 Å². The smallest absolute Gasteiger partial charge is 0.0858 e. The molecule has 2 nitrogen and oxygen atoms in total. The summed E-state index contributed by atoms with van der Waals surface area (Å²) < 4.78 is 0. The Morgan fingerprint density at radius 1 is 1.12 bits per heavy atom. The van der Waals surface area contributed by atoms with Gasteiger partial charge in [0.15, 0.2) is 0 Å². The van der Waals surface area contributed by atoms with Crippen LogP contribution in [0.2, 0.25) is 0 Å². The lowest BCUT2D eigenvalue weighted by molar-refractivity contribution is 0.115. The van der Waals surface area contributed by atoms with E-state index in [9.17, 15) is 0 Å². The summed E-state index contributed by atoms with van der Waals surface area (Å²) >= 11 is 0. The molecular formula is C15H30N2. The molecule has 0 amide bonds. The van der Waals surface area contributed by atoms with Crippen LogP contribution >= 0.6 is 0 Å². The highest BCUT2D eigenvalue weighted by Crippen LogP contribution is 2.36. The zero-order valence-electron chi connectivity index (χ0n) is 12.7.